The number of nitrogens with one attached hydrogen (secondary N) is 1. The minimum Gasteiger partial charge on any atom is -0.457 e. The Morgan fingerprint density at radius 3 is 2.89 bits per heavy atom. The van der Waals surface area contributed by atoms with Crippen LogP contribution in [0.5, 0.6) is 0 Å². The average Bonchev–Trinajstić information content (AvgIpc) is 3.11. The second-order valence-electron chi connectivity index (χ2n) is 7.84. The molecule has 3 aliphatic rings. The lowest BCUT2D eigenvalue weighted by Gasteiger charge is -2.24. The smallest absolute Gasteiger partial charge is 0.338 e. The number of fused-ring (bicyclic) bond motifs is 2. The van der Waals surface area contributed by atoms with Crippen molar-refractivity contribution >= 4 is 28.4 Å². The molecule has 2 unspecified atom stereocenters. The summed E-state index contributed by atoms with van der Waals surface area (Å²) in [6.07, 6.45) is 1.06. The van der Waals surface area contributed by atoms with Crippen LogP contribution in [-0.4, -0.2) is 45.9 Å². The number of amides is 1. The number of piperidine rings is 1. The Morgan fingerprint density at radius 1 is 1.39 bits per heavy atom. The van der Waals surface area contributed by atoms with Crippen LogP contribution in [0.4, 0.5) is 5.00 Å². The van der Waals surface area contributed by atoms with Crippen molar-refractivity contribution in [1.82, 2.24) is 9.27 Å². The van der Waals surface area contributed by atoms with Crippen molar-refractivity contribution in [1.29, 1.82) is 0 Å². The molecule has 1 aromatic carbocycles. The molecule has 1 aromatic heterocycles. The number of aromatic nitrogens is 1. The fourth-order valence-corrected chi connectivity index (χ4v) is 5.21. The first-order valence-electron chi connectivity index (χ1n) is 9.44. The van der Waals surface area contributed by atoms with Crippen LogP contribution < -0.4 is 5.32 Å². The third kappa shape index (κ3) is 2.92. The predicted molar refractivity (Wildman–Crippen MR) is 103 cm³/mol. The molecule has 2 aliphatic heterocycles. The monoisotopic (exact) mass is 399 g/mol. The van der Waals surface area contributed by atoms with E-state index in [0.717, 1.165) is 34.8 Å². The third-order valence-corrected chi connectivity index (χ3v) is 6.92. The Balaban J connectivity index is 1.18. The molecule has 2 aromatic rings. The molecule has 28 heavy (non-hydrogen) atoms. The van der Waals surface area contributed by atoms with Gasteiger partial charge in [-0.1, -0.05) is 6.07 Å². The average molecular weight is 399 g/mol. The Morgan fingerprint density at radius 2 is 2.18 bits per heavy atom. The van der Waals surface area contributed by atoms with Gasteiger partial charge in [0.25, 0.3) is 0 Å². The summed E-state index contributed by atoms with van der Waals surface area (Å²) in [6.45, 7) is 4.40. The van der Waals surface area contributed by atoms with Gasteiger partial charge in [0, 0.05) is 37.3 Å². The maximum atomic E-state index is 12.4. The Hall–Kier alpha value is -2.29. The lowest BCUT2D eigenvalue weighted by atomic mass is 9.95. The minimum absolute atomic E-state index is 0.0698. The molecule has 7 nitrogen and oxygen atoms in total. The van der Waals surface area contributed by atoms with E-state index in [1.54, 1.807) is 18.3 Å². The van der Waals surface area contributed by atoms with Crippen LogP contribution in [0.15, 0.2) is 24.4 Å². The molecular weight excluding hydrogens is 378 g/mol. The molecule has 8 heteroatoms. The topological polar surface area (TPSA) is 91.8 Å². The number of carbonyl (C=O) groups excluding carboxylic acids is 2. The molecule has 2 N–H and O–H groups in total. The zero-order chi connectivity index (χ0) is 19.4. The van der Waals surface area contributed by atoms with E-state index in [1.807, 2.05) is 13.0 Å². The molecule has 1 aliphatic carbocycles. The number of benzene rings is 1. The molecule has 0 bridgehead atoms. The van der Waals surface area contributed by atoms with Gasteiger partial charge in [0.15, 0.2) is 0 Å². The van der Waals surface area contributed by atoms with Gasteiger partial charge in [0.05, 0.1) is 11.7 Å². The first-order chi connectivity index (χ1) is 13.5. The van der Waals surface area contributed by atoms with Gasteiger partial charge in [-0.15, -0.1) is 0 Å². The van der Waals surface area contributed by atoms with Crippen molar-refractivity contribution in [3.8, 4) is 0 Å². The molecule has 146 valence electrons. The van der Waals surface area contributed by atoms with Crippen LogP contribution in [0, 0.1) is 24.7 Å². The normalized spacial score (nSPS) is 26.5. The van der Waals surface area contributed by atoms with E-state index in [-0.39, 0.29) is 24.4 Å². The second kappa shape index (κ2) is 6.65. The number of aliphatic hydroxyl groups excluding tert-OH is 1. The highest BCUT2D eigenvalue weighted by atomic mass is 32.1. The molecule has 1 saturated heterocycles. The van der Waals surface area contributed by atoms with E-state index >= 15 is 0 Å². The quantitative estimate of drug-likeness (QED) is 0.747. The SMILES string of the molecule is Cc1c([C@@H](O)CN2CC3C(C2)C3C(=O)Nc2ccns2)ccc2c1COC2=O. The Bertz CT molecular complexity index is 933. The predicted octanol–water partition coefficient (Wildman–Crippen LogP) is 1.97. The first-order valence-corrected chi connectivity index (χ1v) is 10.2. The maximum Gasteiger partial charge on any atom is 0.338 e. The number of carbonyl (C=O) groups is 2. The molecular formula is C20H21N3O4S. The second-order valence-corrected chi connectivity index (χ2v) is 8.67. The summed E-state index contributed by atoms with van der Waals surface area (Å²) in [7, 11) is 0. The van der Waals surface area contributed by atoms with E-state index < -0.39 is 6.10 Å². The highest BCUT2D eigenvalue weighted by molar-refractivity contribution is 7.10. The molecule has 0 spiro atoms. The zero-order valence-corrected chi connectivity index (χ0v) is 16.2. The van der Waals surface area contributed by atoms with Gasteiger partial charge < -0.3 is 15.2 Å². The van der Waals surface area contributed by atoms with Gasteiger partial charge >= 0.3 is 5.97 Å². The van der Waals surface area contributed by atoms with Crippen molar-refractivity contribution < 1.29 is 19.4 Å². The molecule has 2 fully saturated rings. The summed E-state index contributed by atoms with van der Waals surface area (Å²) in [5, 5.41) is 14.5. The molecule has 3 heterocycles. The number of aliphatic hydroxyl groups is 1. The zero-order valence-electron chi connectivity index (χ0n) is 15.4. The van der Waals surface area contributed by atoms with Gasteiger partial charge in [-0.05, 0) is 53.6 Å². The number of hydrogen-bond acceptors (Lipinski definition) is 7. The van der Waals surface area contributed by atoms with Gasteiger partial charge in [-0.25, -0.2) is 4.79 Å². The van der Waals surface area contributed by atoms with E-state index in [4.69, 9.17) is 4.74 Å². The van der Waals surface area contributed by atoms with Crippen LogP contribution in [0.2, 0.25) is 0 Å². The number of rotatable bonds is 5. The number of ether oxygens (including phenoxy) is 1. The summed E-state index contributed by atoms with van der Waals surface area (Å²) in [4.78, 5) is 26.3. The van der Waals surface area contributed by atoms with Crippen LogP contribution >= 0.6 is 11.5 Å². The van der Waals surface area contributed by atoms with Crippen molar-refractivity contribution in [2.75, 3.05) is 25.0 Å². The minimum atomic E-state index is -0.622. The van der Waals surface area contributed by atoms with Crippen molar-refractivity contribution in [3.63, 3.8) is 0 Å². The van der Waals surface area contributed by atoms with Crippen LogP contribution in [0.25, 0.3) is 0 Å². The summed E-state index contributed by atoms with van der Waals surface area (Å²) in [5.41, 5.74) is 3.26. The Kier molecular flexibility index (Phi) is 4.22. The fraction of sp³-hybridized carbons (Fsp3) is 0.450. The van der Waals surface area contributed by atoms with Crippen molar-refractivity contribution in [2.24, 2.45) is 17.8 Å². The number of hydrogen-bond donors (Lipinski definition) is 2. The number of nitrogens with zero attached hydrogens (tertiary/aromatic N) is 2. The van der Waals surface area contributed by atoms with Crippen LogP contribution in [0.3, 0.4) is 0 Å². The Labute approximate surface area is 166 Å². The van der Waals surface area contributed by atoms with Gasteiger partial charge in [0.1, 0.15) is 11.6 Å². The number of likely N-dealkylation sites (tertiary alicyclic amines) is 1. The number of anilines is 1. The molecule has 3 atom stereocenters. The summed E-state index contributed by atoms with van der Waals surface area (Å²) in [6, 6.07) is 5.38. The lowest BCUT2D eigenvalue weighted by molar-refractivity contribution is -0.118. The lowest BCUT2D eigenvalue weighted by Crippen LogP contribution is -2.31. The largest absolute Gasteiger partial charge is 0.457 e. The number of esters is 1. The van der Waals surface area contributed by atoms with Gasteiger partial charge in [0.2, 0.25) is 5.91 Å². The molecule has 1 amide bonds. The third-order valence-electron chi connectivity index (χ3n) is 6.25. The number of cyclic esters (lactones) is 1. The van der Waals surface area contributed by atoms with Gasteiger partial charge in [-0.3, -0.25) is 9.69 Å². The summed E-state index contributed by atoms with van der Waals surface area (Å²) < 4.78 is 9.09. The highest BCUT2D eigenvalue weighted by Gasteiger charge is 2.59. The fourth-order valence-electron chi connectivity index (χ4n) is 4.71. The van der Waals surface area contributed by atoms with Gasteiger partial charge in [-0.2, -0.15) is 4.37 Å². The summed E-state index contributed by atoms with van der Waals surface area (Å²) in [5.74, 6) is 0.597. The molecule has 5 rings (SSSR count). The summed E-state index contributed by atoms with van der Waals surface area (Å²) >= 11 is 1.29. The maximum absolute atomic E-state index is 12.4. The van der Waals surface area contributed by atoms with E-state index in [0.29, 0.717) is 23.9 Å². The number of β-amino-alcohol motifs (C(OH)–C–C–N with tert-alkyl or cyclic N) is 1. The molecule has 0 radical (unpaired) electrons. The van der Waals surface area contributed by atoms with Crippen molar-refractivity contribution in [3.05, 3.63) is 46.6 Å². The van der Waals surface area contributed by atoms with E-state index in [2.05, 4.69) is 14.6 Å². The van der Waals surface area contributed by atoms with E-state index in [1.165, 1.54) is 11.5 Å². The van der Waals surface area contributed by atoms with E-state index in [9.17, 15) is 14.7 Å². The highest BCUT2D eigenvalue weighted by Crippen LogP contribution is 2.52. The molecule has 1 saturated carbocycles. The van der Waals surface area contributed by atoms with Crippen molar-refractivity contribution in [2.45, 2.75) is 19.6 Å². The van der Waals surface area contributed by atoms with Crippen LogP contribution in [-0.2, 0) is 16.1 Å². The van der Waals surface area contributed by atoms with Crippen LogP contribution in [0.1, 0.15) is 33.2 Å². The standard InChI is InChI=1S/C20H21N3O4S/c1-10-11(2-3-12-15(10)9-27-20(12)26)16(24)8-23-6-13-14(7-23)18(13)19(25)22-17-4-5-21-28-17/h2-5,13-14,16,18,24H,6-9H2,1H3,(H,22,25)/t13?,14?,16-,18?/m0/s1. The first kappa shape index (κ1) is 17.8.